The molecule has 1 N–H and O–H groups in total. The molecule has 2 aromatic rings. The highest BCUT2D eigenvalue weighted by Gasteiger charge is 2.33. The molecule has 0 atom stereocenters. The number of halogens is 1. The van der Waals surface area contributed by atoms with Crippen molar-refractivity contribution in [2.24, 2.45) is 0 Å². The molecule has 1 saturated heterocycles. The first-order valence-electron chi connectivity index (χ1n) is 10.3. The highest BCUT2D eigenvalue weighted by Crippen LogP contribution is 2.35. The Bertz CT molecular complexity index is 1150. The zero-order valence-electron chi connectivity index (χ0n) is 17.6. The summed E-state index contributed by atoms with van der Waals surface area (Å²) in [7, 11) is -2.59. The van der Waals surface area contributed by atoms with Gasteiger partial charge in [0.2, 0.25) is 0 Å². The summed E-state index contributed by atoms with van der Waals surface area (Å²) in [5.74, 6) is -0.378. The summed E-state index contributed by atoms with van der Waals surface area (Å²) >= 11 is 6.26. The van der Waals surface area contributed by atoms with E-state index >= 15 is 0 Å². The number of likely N-dealkylation sites (tertiary alicyclic amines) is 1. The van der Waals surface area contributed by atoms with E-state index in [1.165, 1.54) is 29.6 Å². The predicted octanol–water partition coefficient (Wildman–Crippen LogP) is 3.05. The van der Waals surface area contributed by atoms with Gasteiger partial charge in [-0.25, -0.2) is 13.2 Å². The topological polar surface area (TPSA) is 96.0 Å². The average Bonchev–Trinajstić information content (AvgIpc) is 3.24. The van der Waals surface area contributed by atoms with Gasteiger partial charge in [-0.15, -0.1) is 0 Å². The van der Waals surface area contributed by atoms with Crippen molar-refractivity contribution < 1.29 is 22.7 Å². The van der Waals surface area contributed by atoms with E-state index in [-0.39, 0.29) is 33.5 Å². The summed E-state index contributed by atoms with van der Waals surface area (Å²) in [4.78, 5) is 25.9. The number of amides is 2. The minimum absolute atomic E-state index is 0.0670. The number of nitrogens with zero attached hydrogens (tertiary/aromatic N) is 2. The molecule has 10 heteroatoms. The first-order chi connectivity index (χ1) is 15.3. The predicted molar refractivity (Wildman–Crippen MR) is 121 cm³/mol. The van der Waals surface area contributed by atoms with Gasteiger partial charge in [-0.1, -0.05) is 29.8 Å². The van der Waals surface area contributed by atoms with Gasteiger partial charge in [0.1, 0.15) is 4.90 Å². The van der Waals surface area contributed by atoms with E-state index in [0.29, 0.717) is 44.6 Å². The Hall–Kier alpha value is -2.78. The van der Waals surface area contributed by atoms with Gasteiger partial charge in [-0.05, 0) is 49.1 Å². The molecule has 0 unspecified atom stereocenters. The number of ether oxygens (including phenoxy) is 1. The normalized spacial score (nSPS) is 16.6. The van der Waals surface area contributed by atoms with Crippen LogP contribution in [0.1, 0.15) is 28.8 Å². The summed E-state index contributed by atoms with van der Waals surface area (Å²) < 4.78 is 32.8. The highest BCUT2D eigenvalue weighted by atomic mass is 35.5. The molecule has 8 nitrogen and oxygen atoms in total. The highest BCUT2D eigenvalue weighted by molar-refractivity contribution is 7.93. The number of hydrogen-bond acceptors (Lipinski definition) is 5. The molecule has 0 aliphatic carbocycles. The molecule has 1 fully saturated rings. The van der Waals surface area contributed by atoms with Crippen LogP contribution in [0, 0.1) is 0 Å². The third kappa shape index (κ3) is 4.27. The monoisotopic (exact) mass is 477 g/mol. The van der Waals surface area contributed by atoms with Crippen LogP contribution in [-0.2, 0) is 21.2 Å². The molecule has 2 aliphatic rings. The van der Waals surface area contributed by atoms with Gasteiger partial charge in [-0.3, -0.25) is 9.10 Å². The smallest absolute Gasteiger partial charge is 0.409 e. The molecule has 0 saturated carbocycles. The molecular formula is C22H24ClN3O5S. The van der Waals surface area contributed by atoms with E-state index in [9.17, 15) is 18.0 Å². The van der Waals surface area contributed by atoms with Crippen molar-refractivity contribution in [3.05, 3.63) is 58.6 Å². The number of hydrogen-bond donors (Lipinski definition) is 1. The second-order valence-corrected chi connectivity index (χ2v) is 10.0. The summed E-state index contributed by atoms with van der Waals surface area (Å²) in [6, 6.07) is 11.5. The van der Waals surface area contributed by atoms with Crippen molar-refractivity contribution in [3.63, 3.8) is 0 Å². The molecule has 170 valence electrons. The lowest BCUT2D eigenvalue weighted by atomic mass is 10.0. The average molecular weight is 478 g/mol. The molecule has 0 radical (unpaired) electrons. The Kier molecular flexibility index (Phi) is 6.30. The summed E-state index contributed by atoms with van der Waals surface area (Å²) in [5.41, 5.74) is 1.81. The van der Waals surface area contributed by atoms with Crippen LogP contribution in [0.5, 0.6) is 0 Å². The van der Waals surface area contributed by atoms with Gasteiger partial charge in [0.15, 0.2) is 0 Å². The summed E-state index contributed by atoms with van der Waals surface area (Å²) in [6.07, 6.45) is 1.41. The number of methoxy groups -OCH3 is 1. The zero-order chi connectivity index (χ0) is 22.9. The van der Waals surface area contributed by atoms with Gasteiger partial charge >= 0.3 is 6.09 Å². The fraction of sp³-hybridized carbons (Fsp3) is 0.364. The lowest BCUT2D eigenvalue weighted by Gasteiger charge is -2.31. The maximum atomic E-state index is 13.4. The van der Waals surface area contributed by atoms with E-state index in [1.54, 1.807) is 17.0 Å². The van der Waals surface area contributed by atoms with E-state index < -0.39 is 10.0 Å². The molecule has 2 aliphatic heterocycles. The van der Waals surface area contributed by atoms with Crippen LogP contribution in [0.2, 0.25) is 5.02 Å². The van der Waals surface area contributed by atoms with Gasteiger partial charge in [0.05, 0.1) is 17.8 Å². The minimum Gasteiger partial charge on any atom is -0.453 e. The second kappa shape index (κ2) is 8.99. The standard InChI is InChI=1S/C22H24ClN3O5S/c1-31-22(28)25-11-9-17(10-12-25)24-21(27)16-6-7-18(23)20(14-16)32(29,30)26-13-8-15-4-2-3-5-19(15)26/h2-7,14,17H,8-13H2,1H3,(H,24,27). The van der Waals surface area contributed by atoms with Crippen LogP contribution in [0.3, 0.4) is 0 Å². The van der Waals surface area contributed by atoms with E-state index in [0.717, 1.165) is 5.56 Å². The quantitative estimate of drug-likeness (QED) is 0.730. The number of carbonyl (C=O) groups is 2. The number of sulfonamides is 1. The number of anilines is 1. The Morgan fingerprint density at radius 2 is 1.81 bits per heavy atom. The van der Waals surface area contributed by atoms with Crippen LogP contribution >= 0.6 is 11.6 Å². The molecule has 0 spiro atoms. The van der Waals surface area contributed by atoms with E-state index in [1.807, 2.05) is 12.1 Å². The lowest BCUT2D eigenvalue weighted by Crippen LogP contribution is -2.46. The van der Waals surface area contributed by atoms with Crippen LogP contribution < -0.4 is 9.62 Å². The van der Waals surface area contributed by atoms with Crippen molar-refractivity contribution in [1.29, 1.82) is 0 Å². The Morgan fingerprint density at radius 1 is 1.09 bits per heavy atom. The Balaban J connectivity index is 1.51. The number of carbonyl (C=O) groups excluding carboxylic acids is 2. The maximum absolute atomic E-state index is 13.4. The fourth-order valence-electron chi connectivity index (χ4n) is 4.12. The molecule has 2 aromatic carbocycles. The van der Waals surface area contributed by atoms with Crippen LogP contribution in [-0.4, -0.2) is 58.1 Å². The minimum atomic E-state index is -3.93. The number of benzene rings is 2. The van der Waals surface area contributed by atoms with Gasteiger partial charge in [0, 0.05) is 31.2 Å². The second-order valence-electron chi connectivity index (χ2n) is 7.81. The molecule has 0 aromatic heterocycles. The SMILES string of the molecule is COC(=O)N1CCC(NC(=O)c2ccc(Cl)c(S(=O)(=O)N3CCc4ccccc43)c2)CC1. The molecule has 2 amide bonds. The van der Waals surface area contributed by atoms with Gasteiger partial charge in [0.25, 0.3) is 15.9 Å². The van der Waals surface area contributed by atoms with Crippen molar-refractivity contribution in [2.75, 3.05) is 31.0 Å². The van der Waals surface area contributed by atoms with Crippen LogP contribution in [0.4, 0.5) is 10.5 Å². The molecular weight excluding hydrogens is 454 g/mol. The largest absolute Gasteiger partial charge is 0.453 e. The molecule has 2 heterocycles. The van der Waals surface area contributed by atoms with Crippen molar-refractivity contribution in [2.45, 2.75) is 30.2 Å². The number of piperidine rings is 1. The van der Waals surface area contributed by atoms with Gasteiger partial charge < -0.3 is 15.0 Å². The van der Waals surface area contributed by atoms with E-state index in [2.05, 4.69) is 5.32 Å². The third-order valence-corrected chi connectivity index (χ3v) is 8.16. The first kappa shape index (κ1) is 22.4. The number of nitrogens with one attached hydrogen (secondary N) is 1. The number of rotatable bonds is 4. The summed E-state index contributed by atoms with van der Waals surface area (Å²) in [5, 5.41) is 2.99. The van der Waals surface area contributed by atoms with Crippen molar-refractivity contribution in [1.82, 2.24) is 10.2 Å². The molecule has 32 heavy (non-hydrogen) atoms. The Labute approximate surface area is 192 Å². The van der Waals surface area contributed by atoms with E-state index in [4.69, 9.17) is 16.3 Å². The summed E-state index contributed by atoms with van der Waals surface area (Å²) in [6.45, 7) is 1.28. The molecule has 4 rings (SSSR count). The zero-order valence-corrected chi connectivity index (χ0v) is 19.2. The van der Waals surface area contributed by atoms with Crippen molar-refractivity contribution in [3.8, 4) is 0 Å². The maximum Gasteiger partial charge on any atom is 0.409 e. The lowest BCUT2D eigenvalue weighted by molar-refractivity contribution is 0.0892. The third-order valence-electron chi connectivity index (χ3n) is 5.87. The number of para-hydroxylation sites is 1. The number of fused-ring (bicyclic) bond motifs is 1. The van der Waals surface area contributed by atoms with Crippen LogP contribution in [0.15, 0.2) is 47.4 Å². The first-order valence-corrected chi connectivity index (χ1v) is 12.2. The van der Waals surface area contributed by atoms with Gasteiger partial charge in [-0.2, -0.15) is 0 Å². The van der Waals surface area contributed by atoms with Crippen molar-refractivity contribution >= 4 is 39.3 Å². The fourth-order valence-corrected chi connectivity index (χ4v) is 6.13. The molecule has 0 bridgehead atoms. The van der Waals surface area contributed by atoms with Crippen LogP contribution in [0.25, 0.3) is 0 Å². The Morgan fingerprint density at radius 3 is 2.53 bits per heavy atom.